The SMILES string of the molecule is COC[C@H](C)Nc1ncc2c(-c3ccnc(S(C)(=N)=O)c3)cc([C@H]3CC[C@H](O)CC3)n2n1. The molecule has 0 radical (unpaired) electrons. The van der Waals surface area contributed by atoms with E-state index in [9.17, 15) is 9.32 Å². The van der Waals surface area contributed by atoms with Gasteiger partial charge in [0.2, 0.25) is 5.95 Å². The van der Waals surface area contributed by atoms with Crippen molar-refractivity contribution in [2.75, 3.05) is 25.3 Å². The van der Waals surface area contributed by atoms with E-state index in [0.29, 0.717) is 12.6 Å². The van der Waals surface area contributed by atoms with Crippen LogP contribution in [0.1, 0.15) is 44.2 Å². The fourth-order valence-corrected chi connectivity index (χ4v) is 4.89. The molecular weight excluding hydrogens is 428 g/mol. The molecule has 4 rings (SSSR count). The van der Waals surface area contributed by atoms with Crippen molar-refractivity contribution in [3.8, 4) is 11.1 Å². The van der Waals surface area contributed by atoms with Crippen LogP contribution < -0.4 is 5.32 Å². The highest BCUT2D eigenvalue weighted by molar-refractivity contribution is 7.91. The van der Waals surface area contributed by atoms with Gasteiger partial charge in [-0.1, -0.05) is 0 Å². The lowest BCUT2D eigenvalue weighted by Gasteiger charge is -2.25. The van der Waals surface area contributed by atoms with Crippen LogP contribution in [0.15, 0.2) is 35.6 Å². The Hall–Kier alpha value is -2.56. The van der Waals surface area contributed by atoms with Crippen molar-refractivity contribution in [3.63, 3.8) is 0 Å². The molecule has 0 saturated heterocycles. The molecule has 0 aromatic carbocycles. The van der Waals surface area contributed by atoms with Crippen molar-refractivity contribution in [1.29, 1.82) is 4.78 Å². The molecule has 3 aromatic heterocycles. The van der Waals surface area contributed by atoms with E-state index in [2.05, 4.69) is 21.4 Å². The first-order valence-corrected chi connectivity index (χ1v) is 12.8. The third-order valence-electron chi connectivity index (χ3n) is 5.90. The zero-order chi connectivity index (χ0) is 22.9. The number of fused-ring (bicyclic) bond motifs is 1. The monoisotopic (exact) mass is 458 g/mol. The van der Waals surface area contributed by atoms with Crippen LogP contribution in [0, 0.1) is 4.78 Å². The summed E-state index contributed by atoms with van der Waals surface area (Å²) < 4.78 is 27.3. The van der Waals surface area contributed by atoms with Crippen molar-refractivity contribution in [3.05, 3.63) is 36.3 Å². The summed E-state index contributed by atoms with van der Waals surface area (Å²) in [4.78, 5) is 8.64. The number of rotatable bonds is 7. The summed E-state index contributed by atoms with van der Waals surface area (Å²) in [6, 6.07) is 5.73. The quantitative estimate of drug-likeness (QED) is 0.496. The Kier molecular flexibility index (Phi) is 6.45. The number of aliphatic hydroxyl groups excluding tert-OH is 1. The van der Waals surface area contributed by atoms with Crippen LogP contribution in [0.3, 0.4) is 0 Å². The molecule has 1 unspecified atom stereocenters. The maximum Gasteiger partial charge on any atom is 0.241 e. The first-order valence-electron chi connectivity index (χ1n) is 10.8. The lowest BCUT2D eigenvalue weighted by atomic mass is 9.85. The Morgan fingerprint density at radius 3 is 2.75 bits per heavy atom. The van der Waals surface area contributed by atoms with E-state index in [-0.39, 0.29) is 23.1 Å². The molecule has 0 amide bonds. The number of aromatic nitrogens is 4. The second-order valence-electron chi connectivity index (χ2n) is 8.59. The standard InChI is InChI=1S/C22H30N6O3S/c1-14(13-31-2)26-22-25-12-20-18(16-8-9-24-21(10-16)32(3,23)30)11-19(28(20)27-22)15-4-6-17(29)7-5-15/h8-12,14-15,17,23,29H,4-7,13H2,1-3H3,(H,26,27)/t14-,15-,17-,32?/m0/s1. The molecule has 10 heteroatoms. The summed E-state index contributed by atoms with van der Waals surface area (Å²) in [5, 5.41) is 18.3. The minimum Gasteiger partial charge on any atom is -0.393 e. The van der Waals surface area contributed by atoms with Gasteiger partial charge in [0, 0.05) is 42.8 Å². The first-order chi connectivity index (χ1) is 15.3. The lowest BCUT2D eigenvalue weighted by molar-refractivity contribution is 0.121. The third-order valence-corrected chi connectivity index (χ3v) is 6.92. The van der Waals surface area contributed by atoms with Crippen LogP contribution in [0.5, 0.6) is 0 Å². The van der Waals surface area contributed by atoms with Gasteiger partial charge in [-0.3, -0.25) is 0 Å². The minimum absolute atomic E-state index is 0.0540. The van der Waals surface area contributed by atoms with Gasteiger partial charge in [-0.05, 0) is 56.4 Å². The maximum absolute atomic E-state index is 12.3. The van der Waals surface area contributed by atoms with Gasteiger partial charge in [-0.15, -0.1) is 5.10 Å². The molecule has 3 N–H and O–H groups in total. The number of methoxy groups -OCH3 is 1. The number of anilines is 1. The Morgan fingerprint density at radius 1 is 1.31 bits per heavy atom. The number of pyridine rings is 1. The second-order valence-corrected chi connectivity index (χ2v) is 10.7. The summed E-state index contributed by atoms with van der Waals surface area (Å²) in [7, 11) is -1.27. The highest BCUT2D eigenvalue weighted by atomic mass is 32.2. The Labute approximate surface area is 188 Å². The van der Waals surface area contributed by atoms with Crippen LogP contribution in [0.2, 0.25) is 0 Å². The van der Waals surface area contributed by atoms with Gasteiger partial charge in [0.05, 0.1) is 34.2 Å². The smallest absolute Gasteiger partial charge is 0.241 e. The summed E-state index contributed by atoms with van der Waals surface area (Å²) >= 11 is 0. The Balaban J connectivity index is 1.81. The third kappa shape index (κ3) is 4.77. The van der Waals surface area contributed by atoms with Crippen LogP contribution in [-0.2, 0) is 14.5 Å². The molecule has 32 heavy (non-hydrogen) atoms. The molecular formula is C22H30N6O3S. The zero-order valence-electron chi connectivity index (χ0n) is 18.6. The number of aliphatic hydroxyl groups is 1. The van der Waals surface area contributed by atoms with Gasteiger partial charge in [0.1, 0.15) is 5.03 Å². The minimum atomic E-state index is -2.93. The molecule has 1 saturated carbocycles. The molecule has 3 heterocycles. The van der Waals surface area contributed by atoms with Crippen LogP contribution in [-0.4, -0.2) is 61.0 Å². The molecule has 0 spiro atoms. The molecule has 0 aliphatic heterocycles. The number of hydrogen-bond acceptors (Lipinski definition) is 8. The number of ether oxygens (including phenoxy) is 1. The molecule has 1 fully saturated rings. The molecule has 1 aliphatic rings. The number of hydrogen-bond donors (Lipinski definition) is 3. The zero-order valence-corrected chi connectivity index (χ0v) is 19.4. The number of nitrogens with one attached hydrogen (secondary N) is 2. The van der Waals surface area contributed by atoms with Crippen LogP contribution >= 0.6 is 0 Å². The molecule has 9 nitrogen and oxygen atoms in total. The lowest BCUT2D eigenvalue weighted by Crippen LogP contribution is -2.23. The molecule has 2 atom stereocenters. The van der Waals surface area contributed by atoms with Crippen LogP contribution in [0.25, 0.3) is 16.6 Å². The second kappa shape index (κ2) is 9.13. The first kappa shape index (κ1) is 22.6. The average Bonchev–Trinajstić information content (AvgIpc) is 3.13. The Morgan fingerprint density at radius 2 is 2.06 bits per heavy atom. The molecule has 3 aromatic rings. The van der Waals surface area contributed by atoms with E-state index in [1.165, 1.54) is 6.26 Å². The average molecular weight is 459 g/mol. The van der Waals surface area contributed by atoms with Crippen molar-refractivity contribution in [2.24, 2.45) is 0 Å². The normalized spacial score (nSPS) is 21.9. The van der Waals surface area contributed by atoms with Gasteiger partial charge in [0.15, 0.2) is 0 Å². The Bertz CT molecular complexity index is 1200. The van der Waals surface area contributed by atoms with Gasteiger partial charge >= 0.3 is 0 Å². The van der Waals surface area contributed by atoms with Crippen LogP contribution in [0.4, 0.5) is 5.95 Å². The predicted molar refractivity (Wildman–Crippen MR) is 123 cm³/mol. The fourth-order valence-electron chi connectivity index (χ4n) is 4.28. The number of nitrogens with zero attached hydrogens (tertiary/aromatic N) is 4. The molecule has 172 valence electrons. The summed E-state index contributed by atoms with van der Waals surface area (Å²) in [5.74, 6) is 0.783. The molecule has 1 aliphatic carbocycles. The van der Waals surface area contributed by atoms with E-state index in [0.717, 1.165) is 48.0 Å². The van der Waals surface area contributed by atoms with Gasteiger partial charge < -0.3 is 15.2 Å². The van der Waals surface area contributed by atoms with E-state index in [1.807, 2.05) is 17.5 Å². The maximum atomic E-state index is 12.3. The van der Waals surface area contributed by atoms with Crippen molar-refractivity contribution >= 4 is 21.2 Å². The fraction of sp³-hybridized carbons (Fsp3) is 0.500. The van der Waals surface area contributed by atoms with Gasteiger partial charge in [0.25, 0.3) is 0 Å². The van der Waals surface area contributed by atoms with Gasteiger partial charge in [-0.2, -0.15) is 0 Å². The highest BCUT2D eigenvalue weighted by Gasteiger charge is 2.26. The van der Waals surface area contributed by atoms with E-state index in [4.69, 9.17) is 14.6 Å². The summed E-state index contributed by atoms with van der Waals surface area (Å²) in [6.07, 6.45) is 7.82. The topological polar surface area (TPSA) is 125 Å². The summed E-state index contributed by atoms with van der Waals surface area (Å²) in [5.41, 5.74) is 3.64. The summed E-state index contributed by atoms with van der Waals surface area (Å²) in [6.45, 7) is 2.54. The predicted octanol–water partition coefficient (Wildman–Crippen LogP) is 3.29. The van der Waals surface area contributed by atoms with Gasteiger partial charge in [-0.25, -0.2) is 23.5 Å². The molecule has 0 bridgehead atoms. The largest absolute Gasteiger partial charge is 0.393 e. The van der Waals surface area contributed by atoms with E-state index < -0.39 is 9.73 Å². The van der Waals surface area contributed by atoms with E-state index in [1.54, 1.807) is 25.6 Å². The van der Waals surface area contributed by atoms with E-state index >= 15 is 0 Å². The van der Waals surface area contributed by atoms with Crippen molar-refractivity contribution in [1.82, 2.24) is 19.6 Å². The van der Waals surface area contributed by atoms with Crippen molar-refractivity contribution < 1.29 is 14.1 Å². The highest BCUT2D eigenvalue weighted by Crippen LogP contribution is 2.37. The van der Waals surface area contributed by atoms with Crippen molar-refractivity contribution in [2.45, 2.75) is 55.7 Å².